The van der Waals surface area contributed by atoms with Gasteiger partial charge >= 0.3 is 5.97 Å². The van der Waals surface area contributed by atoms with Gasteiger partial charge in [-0.2, -0.15) is 0 Å². The maximum Gasteiger partial charge on any atom is 0.336 e. The summed E-state index contributed by atoms with van der Waals surface area (Å²) in [7, 11) is 0. The Labute approximate surface area is 137 Å². The second-order valence-electron chi connectivity index (χ2n) is 4.87. The predicted molar refractivity (Wildman–Crippen MR) is 82.2 cm³/mol. The van der Waals surface area contributed by atoms with Crippen molar-refractivity contribution in [1.82, 2.24) is 0 Å². The lowest BCUT2D eigenvalue weighted by Gasteiger charge is -2.16. The summed E-state index contributed by atoms with van der Waals surface area (Å²) in [6.45, 7) is 4.27. The van der Waals surface area contributed by atoms with Crippen LogP contribution >= 0.6 is 0 Å². The van der Waals surface area contributed by atoms with Crippen LogP contribution in [0.1, 0.15) is 42.3 Å². The van der Waals surface area contributed by atoms with Crippen LogP contribution in [0.5, 0.6) is 0 Å². The van der Waals surface area contributed by atoms with Crippen LogP contribution in [0.2, 0.25) is 0 Å². The minimum atomic E-state index is -1.51. The maximum atomic E-state index is 11.4. The van der Waals surface area contributed by atoms with Gasteiger partial charge in [0.2, 0.25) is 0 Å². The molecule has 0 heterocycles. The van der Waals surface area contributed by atoms with Gasteiger partial charge in [-0.15, -0.1) is 0 Å². The average molecular weight is 342 g/mol. The fraction of sp³-hybridized carbons (Fsp3) is 0.500. The molecule has 0 aromatic heterocycles. The van der Waals surface area contributed by atoms with Gasteiger partial charge in [-0.1, -0.05) is 6.92 Å². The molecular weight excluding hydrogens is 324 g/mol. The van der Waals surface area contributed by atoms with E-state index in [1.807, 2.05) is 6.92 Å². The number of aromatic carboxylic acids is 1. The molecule has 0 radical (unpaired) electrons. The van der Waals surface area contributed by atoms with E-state index in [0.29, 0.717) is 6.61 Å². The lowest BCUT2D eigenvalue weighted by atomic mass is 10.00. The van der Waals surface area contributed by atoms with E-state index in [-0.39, 0.29) is 18.8 Å². The van der Waals surface area contributed by atoms with Gasteiger partial charge in [0.1, 0.15) is 0 Å². The van der Waals surface area contributed by atoms with Crippen LogP contribution in [-0.2, 0) is 9.47 Å². The molecule has 0 fully saturated rings. The number of ether oxygens (including phenoxy) is 2. The molecule has 132 valence electrons. The molecule has 1 aromatic rings. The Morgan fingerprint density at radius 2 is 1.88 bits per heavy atom. The summed E-state index contributed by atoms with van der Waals surface area (Å²) in [5, 5.41) is 31.3. The summed E-state index contributed by atoms with van der Waals surface area (Å²) in [6, 6.07) is 1.52. The van der Waals surface area contributed by atoms with E-state index < -0.39 is 38.9 Å². The Hall–Kier alpha value is -2.59. The number of nitrogens with zero attached hydrogens (tertiary/aromatic N) is 2. The zero-order valence-corrected chi connectivity index (χ0v) is 13.3. The third-order valence-corrected chi connectivity index (χ3v) is 3.13. The van der Waals surface area contributed by atoms with Crippen LogP contribution < -0.4 is 0 Å². The molecule has 1 aromatic carbocycles. The Morgan fingerprint density at radius 1 is 1.21 bits per heavy atom. The van der Waals surface area contributed by atoms with Gasteiger partial charge in [0.25, 0.3) is 11.4 Å². The van der Waals surface area contributed by atoms with E-state index in [4.69, 9.17) is 9.47 Å². The molecule has 0 aliphatic rings. The van der Waals surface area contributed by atoms with Crippen LogP contribution in [0.4, 0.5) is 11.4 Å². The molecule has 0 bridgehead atoms. The molecule has 0 saturated heterocycles. The summed E-state index contributed by atoms with van der Waals surface area (Å²) in [6.07, 6.45) is -0.116. The van der Waals surface area contributed by atoms with E-state index >= 15 is 0 Å². The second-order valence-corrected chi connectivity index (χ2v) is 4.87. The Balaban J connectivity index is 3.16. The lowest BCUT2D eigenvalue weighted by molar-refractivity contribution is -0.395. The Kier molecular flexibility index (Phi) is 7.21. The highest BCUT2D eigenvalue weighted by molar-refractivity contribution is 5.92. The fourth-order valence-electron chi connectivity index (χ4n) is 2.10. The van der Waals surface area contributed by atoms with Crippen molar-refractivity contribution < 1.29 is 29.2 Å². The van der Waals surface area contributed by atoms with Crippen molar-refractivity contribution in [2.45, 2.75) is 26.4 Å². The number of hydrogen-bond donors (Lipinski definition) is 1. The molecule has 0 amide bonds. The highest BCUT2D eigenvalue weighted by Gasteiger charge is 2.30. The van der Waals surface area contributed by atoms with Crippen LogP contribution in [0.25, 0.3) is 0 Å². The summed E-state index contributed by atoms with van der Waals surface area (Å²) in [5.41, 5.74) is -2.07. The van der Waals surface area contributed by atoms with Crippen molar-refractivity contribution in [2.75, 3.05) is 19.8 Å². The summed E-state index contributed by atoms with van der Waals surface area (Å²) < 4.78 is 10.6. The second kappa shape index (κ2) is 8.89. The van der Waals surface area contributed by atoms with Gasteiger partial charge in [-0.05, 0) is 13.3 Å². The number of carbonyl (C=O) groups is 1. The van der Waals surface area contributed by atoms with E-state index in [9.17, 15) is 30.1 Å². The van der Waals surface area contributed by atoms with Gasteiger partial charge in [0.05, 0.1) is 46.4 Å². The minimum absolute atomic E-state index is 0.106. The monoisotopic (exact) mass is 342 g/mol. The number of non-ortho nitro benzene ring substituents is 1. The van der Waals surface area contributed by atoms with Gasteiger partial charge in [-0.25, -0.2) is 4.79 Å². The van der Waals surface area contributed by atoms with Gasteiger partial charge in [0.15, 0.2) is 0 Å². The van der Waals surface area contributed by atoms with E-state index in [1.165, 1.54) is 6.92 Å². The number of hydrogen-bond acceptors (Lipinski definition) is 7. The lowest BCUT2D eigenvalue weighted by Crippen LogP contribution is -2.14. The van der Waals surface area contributed by atoms with Gasteiger partial charge < -0.3 is 14.6 Å². The molecule has 24 heavy (non-hydrogen) atoms. The molecule has 1 unspecified atom stereocenters. The molecule has 0 aliphatic carbocycles. The predicted octanol–water partition coefficient (Wildman–Crippen LogP) is 2.71. The van der Waals surface area contributed by atoms with Crippen molar-refractivity contribution >= 4 is 17.3 Å². The quantitative estimate of drug-likeness (QED) is 0.388. The van der Waals surface area contributed by atoms with Gasteiger partial charge in [0, 0.05) is 12.7 Å². The first-order chi connectivity index (χ1) is 11.3. The van der Waals surface area contributed by atoms with Crippen LogP contribution in [0.15, 0.2) is 12.1 Å². The SMILES string of the molecule is CCCOCCOC(C)c1c(C(=O)O)cc([N+](=O)[O-])cc1[N+](=O)[O-]. The highest BCUT2D eigenvalue weighted by atomic mass is 16.6. The van der Waals surface area contributed by atoms with Gasteiger partial charge in [-0.3, -0.25) is 20.2 Å². The summed E-state index contributed by atoms with van der Waals surface area (Å²) >= 11 is 0. The molecule has 1 atom stereocenters. The van der Waals surface area contributed by atoms with Crippen molar-refractivity contribution in [3.8, 4) is 0 Å². The normalized spacial score (nSPS) is 11.9. The fourth-order valence-corrected chi connectivity index (χ4v) is 2.10. The first-order valence-corrected chi connectivity index (χ1v) is 7.18. The number of rotatable bonds is 10. The molecular formula is C14H18N2O8. The molecule has 1 N–H and O–H groups in total. The zero-order chi connectivity index (χ0) is 18.3. The third kappa shape index (κ3) is 4.96. The number of benzene rings is 1. The minimum Gasteiger partial charge on any atom is -0.478 e. The number of nitro groups is 2. The van der Waals surface area contributed by atoms with Crippen LogP contribution in [0, 0.1) is 20.2 Å². The highest BCUT2D eigenvalue weighted by Crippen LogP contribution is 2.34. The average Bonchev–Trinajstić information content (AvgIpc) is 2.52. The van der Waals surface area contributed by atoms with Crippen molar-refractivity contribution in [2.24, 2.45) is 0 Å². The number of nitro benzene ring substituents is 2. The number of carboxylic acids is 1. The first kappa shape index (κ1) is 19.5. The number of carboxylic acid groups (broad SMARTS) is 1. The standard InChI is InChI=1S/C14H18N2O8/c1-3-4-23-5-6-24-9(2)13-11(14(17)18)7-10(15(19)20)8-12(13)16(21)22/h7-9H,3-6H2,1-2H3,(H,17,18). The Bertz CT molecular complexity index is 596. The smallest absolute Gasteiger partial charge is 0.336 e. The maximum absolute atomic E-state index is 11.4. The zero-order valence-electron chi connectivity index (χ0n) is 13.3. The molecule has 0 spiro atoms. The summed E-state index contributed by atoms with van der Waals surface area (Å²) in [5.74, 6) is -1.51. The summed E-state index contributed by atoms with van der Waals surface area (Å²) in [4.78, 5) is 31.7. The third-order valence-electron chi connectivity index (χ3n) is 3.13. The molecule has 10 nitrogen and oxygen atoms in total. The largest absolute Gasteiger partial charge is 0.478 e. The van der Waals surface area contributed by atoms with Crippen molar-refractivity contribution in [3.05, 3.63) is 43.5 Å². The molecule has 1 rings (SSSR count). The topological polar surface area (TPSA) is 142 Å². The van der Waals surface area contributed by atoms with Crippen LogP contribution in [0.3, 0.4) is 0 Å². The molecule has 10 heteroatoms. The van der Waals surface area contributed by atoms with E-state index in [1.54, 1.807) is 0 Å². The molecule has 0 saturated carbocycles. The molecule has 0 aliphatic heterocycles. The van der Waals surface area contributed by atoms with E-state index in [0.717, 1.165) is 18.6 Å². The van der Waals surface area contributed by atoms with Crippen molar-refractivity contribution in [1.29, 1.82) is 0 Å². The van der Waals surface area contributed by atoms with Crippen molar-refractivity contribution in [3.63, 3.8) is 0 Å². The Morgan fingerprint density at radius 3 is 2.38 bits per heavy atom. The van der Waals surface area contributed by atoms with Crippen LogP contribution in [-0.4, -0.2) is 40.7 Å². The van der Waals surface area contributed by atoms with E-state index in [2.05, 4.69) is 0 Å². The first-order valence-electron chi connectivity index (χ1n) is 7.18.